The summed E-state index contributed by atoms with van der Waals surface area (Å²) in [5.74, 6) is -0.375. The number of halogens is 1. The molecule has 1 atom stereocenters. The van der Waals surface area contributed by atoms with Gasteiger partial charge in [0.05, 0.1) is 0 Å². The largest absolute Gasteiger partial charge is 0.449 e. The second-order valence-corrected chi connectivity index (χ2v) is 2.36. The SMILES string of the molecule is CC(O[C]=O)c1ccccc1F. The van der Waals surface area contributed by atoms with Gasteiger partial charge >= 0.3 is 6.47 Å². The maximum absolute atomic E-state index is 13.0. The number of hydrogen-bond donors (Lipinski definition) is 0. The van der Waals surface area contributed by atoms with Crippen LogP contribution in [0.4, 0.5) is 4.39 Å². The first-order valence-corrected chi connectivity index (χ1v) is 3.53. The van der Waals surface area contributed by atoms with Crippen molar-refractivity contribution in [3.8, 4) is 0 Å². The smallest absolute Gasteiger partial charge is 0.418 e. The molecule has 0 bridgehead atoms. The van der Waals surface area contributed by atoms with E-state index in [-0.39, 0.29) is 5.82 Å². The fourth-order valence-corrected chi connectivity index (χ4v) is 0.940. The zero-order chi connectivity index (χ0) is 8.97. The van der Waals surface area contributed by atoms with E-state index in [1.165, 1.54) is 12.5 Å². The molecule has 1 radical (unpaired) electrons. The maximum Gasteiger partial charge on any atom is 0.418 e. The van der Waals surface area contributed by atoms with E-state index in [4.69, 9.17) is 0 Å². The summed E-state index contributed by atoms with van der Waals surface area (Å²) in [6, 6.07) is 6.15. The number of benzene rings is 1. The van der Waals surface area contributed by atoms with Crippen LogP contribution < -0.4 is 0 Å². The Morgan fingerprint density at radius 3 is 2.75 bits per heavy atom. The lowest BCUT2D eigenvalue weighted by Gasteiger charge is -2.08. The maximum atomic E-state index is 13.0. The number of rotatable bonds is 3. The third-order valence-electron chi connectivity index (χ3n) is 1.57. The molecular formula is C9H8FO2. The van der Waals surface area contributed by atoms with Gasteiger partial charge in [0.15, 0.2) is 0 Å². The summed E-state index contributed by atoms with van der Waals surface area (Å²) in [5.41, 5.74) is 0.362. The standard InChI is InChI=1S/C9H8FO2/c1-7(12-6-11)8-4-2-3-5-9(8)10/h2-5,7H,1H3. The topological polar surface area (TPSA) is 26.3 Å². The van der Waals surface area contributed by atoms with Crippen LogP contribution in [0.5, 0.6) is 0 Å². The molecule has 1 aromatic carbocycles. The average molecular weight is 167 g/mol. The minimum atomic E-state index is -0.580. The summed E-state index contributed by atoms with van der Waals surface area (Å²) in [4.78, 5) is 9.83. The van der Waals surface area contributed by atoms with Crippen molar-refractivity contribution in [3.05, 3.63) is 35.6 Å². The lowest BCUT2D eigenvalue weighted by Crippen LogP contribution is -2.00. The molecule has 0 saturated heterocycles. The van der Waals surface area contributed by atoms with Gasteiger partial charge in [0.1, 0.15) is 11.9 Å². The van der Waals surface area contributed by atoms with Gasteiger partial charge in [0.25, 0.3) is 0 Å². The van der Waals surface area contributed by atoms with Crippen molar-refractivity contribution >= 4 is 6.47 Å². The highest BCUT2D eigenvalue weighted by Gasteiger charge is 2.09. The molecule has 1 unspecified atom stereocenters. The summed E-state index contributed by atoms with van der Waals surface area (Å²) < 4.78 is 17.4. The monoisotopic (exact) mass is 167 g/mol. The highest BCUT2D eigenvalue weighted by molar-refractivity contribution is 5.39. The summed E-state index contributed by atoms with van der Waals surface area (Å²) in [6.07, 6.45) is -0.580. The molecule has 0 aliphatic rings. The normalized spacial score (nSPS) is 12.2. The van der Waals surface area contributed by atoms with Crippen LogP contribution in [0.2, 0.25) is 0 Å². The van der Waals surface area contributed by atoms with Crippen molar-refractivity contribution in [3.63, 3.8) is 0 Å². The van der Waals surface area contributed by atoms with E-state index in [2.05, 4.69) is 4.74 Å². The number of carbonyl (C=O) groups excluding carboxylic acids is 1. The second kappa shape index (κ2) is 3.85. The molecule has 12 heavy (non-hydrogen) atoms. The minimum absolute atomic E-state index is 0.362. The van der Waals surface area contributed by atoms with Gasteiger partial charge in [-0.1, -0.05) is 18.2 Å². The van der Waals surface area contributed by atoms with Crippen LogP contribution >= 0.6 is 0 Å². The first-order chi connectivity index (χ1) is 5.75. The molecule has 1 rings (SSSR count). The van der Waals surface area contributed by atoms with Crippen molar-refractivity contribution in [2.24, 2.45) is 0 Å². The Balaban J connectivity index is 2.86. The molecule has 0 fully saturated rings. The van der Waals surface area contributed by atoms with Gasteiger partial charge in [-0.3, -0.25) is 0 Å². The molecule has 0 heterocycles. The zero-order valence-electron chi connectivity index (χ0n) is 6.58. The Morgan fingerprint density at radius 1 is 1.50 bits per heavy atom. The predicted molar refractivity (Wildman–Crippen MR) is 41.6 cm³/mol. The molecular weight excluding hydrogens is 159 g/mol. The lowest BCUT2D eigenvalue weighted by atomic mass is 10.1. The fraction of sp³-hybridized carbons (Fsp3) is 0.222. The quantitative estimate of drug-likeness (QED) is 0.687. The molecule has 0 aromatic heterocycles. The molecule has 0 saturated carbocycles. The van der Waals surface area contributed by atoms with E-state index in [1.807, 2.05) is 0 Å². The van der Waals surface area contributed by atoms with Gasteiger partial charge in [0, 0.05) is 5.56 Å². The van der Waals surface area contributed by atoms with E-state index in [9.17, 15) is 9.18 Å². The summed E-state index contributed by atoms with van der Waals surface area (Å²) >= 11 is 0. The van der Waals surface area contributed by atoms with E-state index in [0.29, 0.717) is 5.56 Å². The second-order valence-electron chi connectivity index (χ2n) is 2.36. The van der Waals surface area contributed by atoms with Crippen LogP contribution in [0.15, 0.2) is 24.3 Å². The first-order valence-electron chi connectivity index (χ1n) is 3.53. The molecule has 63 valence electrons. The van der Waals surface area contributed by atoms with Gasteiger partial charge in [0.2, 0.25) is 0 Å². The van der Waals surface area contributed by atoms with Crippen LogP contribution in [0.1, 0.15) is 18.6 Å². The molecule has 0 spiro atoms. The van der Waals surface area contributed by atoms with Crippen molar-refractivity contribution in [1.82, 2.24) is 0 Å². The molecule has 3 heteroatoms. The highest BCUT2D eigenvalue weighted by atomic mass is 19.1. The fourth-order valence-electron chi connectivity index (χ4n) is 0.940. The predicted octanol–water partition coefficient (Wildman–Crippen LogP) is 1.97. The number of ether oxygens (including phenoxy) is 1. The first kappa shape index (κ1) is 8.71. The summed E-state index contributed by atoms with van der Waals surface area (Å²) in [5, 5.41) is 0. The molecule has 0 amide bonds. The van der Waals surface area contributed by atoms with Crippen LogP contribution in [0.3, 0.4) is 0 Å². The number of hydrogen-bond acceptors (Lipinski definition) is 2. The lowest BCUT2D eigenvalue weighted by molar-refractivity contribution is 0.193. The van der Waals surface area contributed by atoms with Gasteiger partial charge in [-0.05, 0) is 13.0 Å². The van der Waals surface area contributed by atoms with Crippen LogP contribution in [-0.2, 0) is 9.53 Å². The average Bonchev–Trinajstić information content (AvgIpc) is 2.05. The Labute approximate surface area is 70.0 Å². The van der Waals surface area contributed by atoms with E-state index in [0.717, 1.165) is 0 Å². The van der Waals surface area contributed by atoms with E-state index < -0.39 is 6.10 Å². The molecule has 0 aliphatic heterocycles. The van der Waals surface area contributed by atoms with Crippen LogP contribution in [0, 0.1) is 5.82 Å². The van der Waals surface area contributed by atoms with Gasteiger partial charge in [-0.25, -0.2) is 9.18 Å². The van der Waals surface area contributed by atoms with E-state index in [1.54, 1.807) is 25.1 Å². The highest BCUT2D eigenvalue weighted by Crippen LogP contribution is 2.18. The summed E-state index contributed by atoms with van der Waals surface area (Å²) in [6.45, 7) is 2.86. The Bertz CT molecular complexity index is 273. The Hall–Kier alpha value is -1.38. The molecule has 2 nitrogen and oxygen atoms in total. The molecule has 1 aromatic rings. The van der Waals surface area contributed by atoms with Crippen molar-refractivity contribution in [2.75, 3.05) is 0 Å². The Morgan fingerprint density at radius 2 is 2.17 bits per heavy atom. The van der Waals surface area contributed by atoms with Crippen LogP contribution in [-0.4, -0.2) is 6.47 Å². The molecule has 0 aliphatic carbocycles. The Kier molecular flexibility index (Phi) is 2.80. The minimum Gasteiger partial charge on any atom is -0.449 e. The summed E-state index contributed by atoms with van der Waals surface area (Å²) in [7, 11) is 0. The zero-order valence-corrected chi connectivity index (χ0v) is 6.58. The van der Waals surface area contributed by atoms with Gasteiger partial charge in [-0.15, -0.1) is 0 Å². The van der Waals surface area contributed by atoms with Crippen molar-refractivity contribution in [1.29, 1.82) is 0 Å². The van der Waals surface area contributed by atoms with Crippen LogP contribution in [0.25, 0.3) is 0 Å². The van der Waals surface area contributed by atoms with E-state index >= 15 is 0 Å². The third-order valence-corrected chi connectivity index (χ3v) is 1.57. The van der Waals surface area contributed by atoms with Gasteiger partial charge in [-0.2, -0.15) is 0 Å². The molecule has 0 N–H and O–H groups in total. The van der Waals surface area contributed by atoms with Crippen molar-refractivity contribution < 1.29 is 13.9 Å². The van der Waals surface area contributed by atoms with Gasteiger partial charge < -0.3 is 4.74 Å². The van der Waals surface area contributed by atoms with Crippen molar-refractivity contribution in [2.45, 2.75) is 13.0 Å². The third kappa shape index (κ3) is 1.81.